The van der Waals surface area contributed by atoms with Gasteiger partial charge in [0.25, 0.3) is 0 Å². The summed E-state index contributed by atoms with van der Waals surface area (Å²) in [5, 5.41) is 0. The number of carbonyl (C=O) groups is 1. The van der Waals surface area contributed by atoms with E-state index in [0.717, 1.165) is 30.8 Å². The maximum absolute atomic E-state index is 13.5. The predicted molar refractivity (Wildman–Crippen MR) is 176 cm³/mol. The Morgan fingerprint density at radius 3 is 2.36 bits per heavy atom. The summed E-state index contributed by atoms with van der Waals surface area (Å²) in [5.74, 6) is 0.144. The Kier molecular flexibility index (Phi) is 12.9. The molecule has 1 atom stereocenters. The predicted octanol–water partition coefficient (Wildman–Crippen LogP) is 4.51. The molecular weight excluding hydrogens is 586 g/mol. The number of aromatic nitrogens is 3. The van der Waals surface area contributed by atoms with E-state index >= 15 is 0 Å². The first-order valence-electron chi connectivity index (χ1n) is 16.3. The number of benzene rings is 1. The van der Waals surface area contributed by atoms with Gasteiger partial charge in [-0.15, -0.1) is 0 Å². The van der Waals surface area contributed by atoms with Gasteiger partial charge in [0.15, 0.2) is 0 Å². The lowest BCUT2D eigenvalue weighted by molar-refractivity contribution is -0.688. The monoisotopic (exact) mass is 638 g/mol. The van der Waals surface area contributed by atoms with Crippen molar-refractivity contribution in [2.75, 3.05) is 46.6 Å². The fraction of sp³-hybridized carbons (Fsp3) is 0.559. The van der Waals surface area contributed by atoms with Gasteiger partial charge in [0.2, 0.25) is 12.2 Å². The molecule has 0 bridgehead atoms. The lowest BCUT2D eigenvalue weighted by Crippen LogP contribution is -2.50. The van der Waals surface area contributed by atoms with Crippen molar-refractivity contribution in [2.24, 2.45) is 0 Å². The first kappa shape index (κ1) is 34.9. The summed E-state index contributed by atoms with van der Waals surface area (Å²) in [6.45, 7) is 16.7. The van der Waals surface area contributed by atoms with E-state index in [0.29, 0.717) is 52.5 Å². The Labute approximate surface area is 270 Å². The lowest BCUT2D eigenvalue weighted by Gasteiger charge is -2.29. The molecule has 1 amide bonds. The summed E-state index contributed by atoms with van der Waals surface area (Å²) >= 11 is 0. The van der Waals surface area contributed by atoms with Gasteiger partial charge in [0.1, 0.15) is 24.6 Å². The Morgan fingerprint density at radius 2 is 1.69 bits per heavy atom. The minimum absolute atomic E-state index is 0.144. The van der Waals surface area contributed by atoms with E-state index in [2.05, 4.69) is 83.9 Å². The molecule has 0 radical (unpaired) electrons. The number of nitrogens with zero attached hydrogens (tertiary/aromatic N) is 5. The van der Waals surface area contributed by atoms with Crippen LogP contribution in [0.4, 0.5) is 0 Å². The summed E-state index contributed by atoms with van der Waals surface area (Å²) in [6.07, 6.45) is 8.85. The number of amides is 1. The zero-order valence-corrected chi connectivity index (χ0v) is 29.3. The van der Waals surface area contributed by atoms with Gasteiger partial charge in [-0.3, -0.25) is 14.7 Å². The highest BCUT2D eigenvalue weighted by atomic mass is 28.4. The number of carbonyl (C=O) groups excluding carboxylic acids is 1. The van der Waals surface area contributed by atoms with Gasteiger partial charge in [-0.05, 0) is 90.6 Å². The van der Waals surface area contributed by atoms with Crippen LogP contribution in [0.2, 0.25) is 0 Å². The third kappa shape index (κ3) is 9.31. The largest absolute Gasteiger partial charge is 0.679 e. The minimum Gasteiger partial charge on any atom is -0.351 e. The standard InChI is InChI=1S/C34H52N5O5Si/c1-8-41-45(42-9-2,43-10-3)44-21-13-17-36(7)34(40)32-16-12-18-38(32)25-31-15-11-14-30(35-31)24-37-19-20-39(26-37)33-28(5)22-27(4)23-29(33)6/h11,14-15,19-20,22-23,26,32H,8-10,12-13,16-18,21,24-25H2,1-7H3/q+1/t32-/m0/s1. The molecular formula is C34H52N5O5Si+. The average Bonchev–Trinajstić information content (AvgIpc) is 3.64. The summed E-state index contributed by atoms with van der Waals surface area (Å²) in [6, 6.07) is 10.5. The van der Waals surface area contributed by atoms with E-state index in [4.69, 9.17) is 22.7 Å². The topological polar surface area (TPSA) is 82.2 Å². The van der Waals surface area contributed by atoms with Crippen LogP contribution in [0.5, 0.6) is 0 Å². The van der Waals surface area contributed by atoms with Crippen molar-refractivity contribution in [3.8, 4) is 5.69 Å². The Morgan fingerprint density at radius 1 is 1.02 bits per heavy atom. The van der Waals surface area contributed by atoms with Crippen molar-refractivity contribution in [2.45, 2.75) is 79.9 Å². The molecule has 1 aromatic carbocycles. The molecule has 0 N–H and O–H groups in total. The molecule has 1 aliphatic heterocycles. The molecule has 1 saturated heterocycles. The first-order chi connectivity index (χ1) is 21.7. The SMILES string of the molecule is CCO[Si](OCC)(OCC)OCCCN(C)C(=O)[C@@H]1CCCN1Cc1cccc(C[n+]2ccn(-c3c(C)cc(C)cc3C)c2)n1. The molecule has 0 unspecified atom stereocenters. The highest BCUT2D eigenvalue weighted by molar-refractivity contribution is 6.53. The third-order valence-electron chi connectivity index (χ3n) is 8.06. The summed E-state index contributed by atoms with van der Waals surface area (Å²) in [7, 11) is -1.27. The fourth-order valence-corrected chi connectivity index (χ4v) is 8.19. The highest BCUT2D eigenvalue weighted by Crippen LogP contribution is 2.22. The van der Waals surface area contributed by atoms with Crippen LogP contribution in [-0.4, -0.2) is 86.9 Å². The number of likely N-dealkylation sites (tertiary alicyclic amines) is 1. The molecule has 3 heterocycles. The molecule has 2 aromatic heterocycles. The number of aryl methyl sites for hydroxylation is 3. The molecule has 45 heavy (non-hydrogen) atoms. The van der Waals surface area contributed by atoms with Gasteiger partial charge in [-0.25, -0.2) is 9.13 Å². The van der Waals surface area contributed by atoms with E-state index < -0.39 is 9.05 Å². The van der Waals surface area contributed by atoms with Crippen molar-refractivity contribution < 1.29 is 27.1 Å². The van der Waals surface area contributed by atoms with Crippen LogP contribution in [0.15, 0.2) is 49.1 Å². The van der Waals surface area contributed by atoms with E-state index in [9.17, 15) is 4.79 Å². The molecule has 3 aromatic rings. The molecule has 246 valence electrons. The van der Waals surface area contributed by atoms with E-state index in [1.807, 2.05) is 32.7 Å². The van der Waals surface area contributed by atoms with Crippen LogP contribution in [0, 0.1) is 20.8 Å². The van der Waals surface area contributed by atoms with E-state index in [1.54, 1.807) is 0 Å². The van der Waals surface area contributed by atoms with Crippen LogP contribution in [0.1, 0.15) is 68.1 Å². The van der Waals surface area contributed by atoms with Crippen LogP contribution >= 0.6 is 0 Å². The van der Waals surface area contributed by atoms with Crippen LogP contribution < -0.4 is 4.57 Å². The summed E-state index contributed by atoms with van der Waals surface area (Å²) < 4.78 is 27.7. The van der Waals surface area contributed by atoms with Crippen molar-refractivity contribution in [3.05, 3.63) is 77.1 Å². The van der Waals surface area contributed by atoms with Crippen molar-refractivity contribution in [1.29, 1.82) is 0 Å². The second kappa shape index (κ2) is 16.6. The van der Waals surface area contributed by atoms with E-state index in [1.165, 1.54) is 22.4 Å². The average molecular weight is 639 g/mol. The van der Waals surface area contributed by atoms with Crippen LogP contribution in [0.25, 0.3) is 5.69 Å². The molecule has 0 aliphatic carbocycles. The zero-order chi connectivity index (χ0) is 32.4. The van der Waals surface area contributed by atoms with Gasteiger partial charge in [0.05, 0.1) is 17.4 Å². The van der Waals surface area contributed by atoms with Gasteiger partial charge in [-0.2, -0.15) is 0 Å². The number of rotatable bonds is 17. The molecule has 10 nitrogen and oxygen atoms in total. The number of hydrogen-bond acceptors (Lipinski definition) is 7. The van der Waals surface area contributed by atoms with Crippen LogP contribution in [-0.2, 0) is 35.6 Å². The highest BCUT2D eigenvalue weighted by Gasteiger charge is 2.44. The zero-order valence-electron chi connectivity index (χ0n) is 28.3. The number of imidazole rings is 1. The first-order valence-corrected chi connectivity index (χ1v) is 18.0. The van der Waals surface area contributed by atoms with Crippen LogP contribution in [0.3, 0.4) is 0 Å². The molecule has 4 rings (SSSR count). The maximum Gasteiger partial charge on any atom is 0.679 e. The van der Waals surface area contributed by atoms with Crippen molar-refractivity contribution >= 4 is 15.0 Å². The lowest BCUT2D eigenvalue weighted by atomic mass is 10.1. The number of likely N-dealkylation sites (N-methyl/N-ethyl adjacent to an activating group) is 1. The minimum atomic E-state index is -3.15. The molecule has 0 saturated carbocycles. The van der Waals surface area contributed by atoms with E-state index in [-0.39, 0.29) is 11.9 Å². The normalized spacial score (nSPS) is 15.6. The van der Waals surface area contributed by atoms with Crippen molar-refractivity contribution in [1.82, 2.24) is 19.4 Å². The van der Waals surface area contributed by atoms with Gasteiger partial charge < -0.3 is 22.6 Å². The Balaban J connectivity index is 1.32. The quantitative estimate of drug-likeness (QED) is 0.122. The Bertz CT molecular complexity index is 1360. The third-order valence-corrected chi connectivity index (χ3v) is 10.5. The maximum atomic E-state index is 13.5. The van der Waals surface area contributed by atoms with Gasteiger partial charge in [0, 0.05) is 46.6 Å². The smallest absolute Gasteiger partial charge is 0.351 e. The molecule has 1 aliphatic rings. The summed E-state index contributed by atoms with van der Waals surface area (Å²) in [5.41, 5.74) is 7.00. The van der Waals surface area contributed by atoms with Gasteiger partial charge in [-0.1, -0.05) is 23.8 Å². The number of hydrogen-bond donors (Lipinski definition) is 0. The molecule has 0 spiro atoms. The van der Waals surface area contributed by atoms with Crippen molar-refractivity contribution in [3.63, 3.8) is 0 Å². The second-order valence-electron chi connectivity index (χ2n) is 11.8. The molecule has 11 heteroatoms. The second-order valence-corrected chi connectivity index (χ2v) is 13.9. The fourth-order valence-electron chi connectivity index (χ4n) is 6.24. The Hall–Kier alpha value is -2.93. The molecule has 1 fully saturated rings. The van der Waals surface area contributed by atoms with Gasteiger partial charge >= 0.3 is 9.05 Å². The number of pyridine rings is 1. The summed E-state index contributed by atoms with van der Waals surface area (Å²) in [4.78, 5) is 22.6.